The number of fused-ring (bicyclic) bond motifs is 1. The van der Waals surface area contributed by atoms with Crippen molar-refractivity contribution in [3.63, 3.8) is 0 Å². The summed E-state index contributed by atoms with van der Waals surface area (Å²) in [6.45, 7) is 4.40. The van der Waals surface area contributed by atoms with E-state index in [1.807, 2.05) is 48.5 Å². The standard InChI is InChI=1S/C22H18N2O4/c1-2-12-25-19-9-8-16(23-14-19)15-26-18-10-11-21-20(13-18)24-22(28-21)27-17-6-4-3-5-7-17/h2-11,13-14H,1,12,15H2. The van der Waals surface area contributed by atoms with Crippen molar-refractivity contribution >= 4 is 11.1 Å². The van der Waals surface area contributed by atoms with Gasteiger partial charge in [-0.3, -0.25) is 4.98 Å². The maximum absolute atomic E-state index is 5.81. The normalized spacial score (nSPS) is 10.6. The third-order valence-electron chi connectivity index (χ3n) is 3.84. The van der Waals surface area contributed by atoms with Gasteiger partial charge in [-0.25, -0.2) is 0 Å². The van der Waals surface area contributed by atoms with Gasteiger partial charge in [-0.1, -0.05) is 30.9 Å². The second-order valence-electron chi connectivity index (χ2n) is 5.90. The lowest BCUT2D eigenvalue weighted by molar-refractivity contribution is 0.300. The lowest BCUT2D eigenvalue weighted by atomic mass is 10.3. The van der Waals surface area contributed by atoms with Crippen LogP contribution in [0, 0.1) is 0 Å². The summed E-state index contributed by atoms with van der Waals surface area (Å²) < 4.78 is 22.5. The average Bonchev–Trinajstić information content (AvgIpc) is 3.13. The Balaban J connectivity index is 1.41. The van der Waals surface area contributed by atoms with Crippen LogP contribution in [0.5, 0.6) is 23.3 Å². The third kappa shape index (κ3) is 4.29. The molecule has 0 atom stereocenters. The number of para-hydroxylation sites is 1. The molecule has 0 aliphatic rings. The van der Waals surface area contributed by atoms with E-state index in [9.17, 15) is 0 Å². The predicted octanol–water partition coefficient (Wildman–Crippen LogP) is 5.16. The first-order valence-corrected chi connectivity index (χ1v) is 8.75. The van der Waals surface area contributed by atoms with Crippen molar-refractivity contribution in [1.82, 2.24) is 9.97 Å². The van der Waals surface area contributed by atoms with Crippen molar-refractivity contribution in [1.29, 1.82) is 0 Å². The van der Waals surface area contributed by atoms with E-state index in [1.165, 1.54) is 0 Å². The van der Waals surface area contributed by atoms with E-state index >= 15 is 0 Å². The second kappa shape index (κ2) is 8.26. The number of benzene rings is 2. The molecule has 2 heterocycles. The molecule has 2 aromatic carbocycles. The molecule has 0 aliphatic carbocycles. The Labute approximate surface area is 162 Å². The van der Waals surface area contributed by atoms with Crippen molar-refractivity contribution < 1.29 is 18.6 Å². The van der Waals surface area contributed by atoms with Gasteiger partial charge in [0.15, 0.2) is 5.58 Å². The van der Waals surface area contributed by atoms with Gasteiger partial charge in [0.1, 0.15) is 36.0 Å². The molecule has 2 aromatic heterocycles. The molecule has 0 radical (unpaired) electrons. The molecular weight excluding hydrogens is 356 g/mol. The van der Waals surface area contributed by atoms with Crippen LogP contribution in [0.4, 0.5) is 0 Å². The summed E-state index contributed by atoms with van der Waals surface area (Å²) in [6, 6.07) is 18.5. The maximum Gasteiger partial charge on any atom is 0.400 e. The number of aromatic nitrogens is 2. The SMILES string of the molecule is C=CCOc1ccc(COc2ccc3oc(Oc4ccccc4)nc3c2)nc1. The van der Waals surface area contributed by atoms with Gasteiger partial charge in [0, 0.05) is 6.07 Å². The summed E-state index contributed by atoms with van der Waals surface area (Å²) in [5.74, 6) is 2.02. The van der Waals surface area contributed by atoms with Crippen LogP contribution in [0.1, 0.15) is 5.69 Å². The molecule has 28 heavy (non-hydrogen) atoms. The van der Waals surface area contributed by atoms with Crippen LogP contribution < -0.4 is 14.2 Å². The fourth-order valence-corrected chi connectivity index (χ4v) is 2.50. The Morgan fingerprint density at radius 2 is 1.79 bits per heavy atom. The lowest BCUT2D eigenvalue weighted by Crippen LogP contribution is -1.99. The first-order chi connectivity index (χ1) is 13.8. The van der Waals surface area contributed by atoms with Crippen LogP contribution in [-0.2, 0) is 6.61 Å². The van der Waals surface area contributed by atoms with Gasteiger partial charge in [-0.2, -0.15) is 4.98 Å². The third-order valence-corrected chi connectivity index (χ3v) is 3.84. The van der Waals surface area contributed by atoms with Crippen molar-refractivity contribution in [3.8, 4) is 23.3 Å². The molecule has 0 saturated heterocycles. The molecule has 0 bridgehead atoms. The summed E-state index contributed by atoms with van der Waals surface area (Å²) in [4.78, 5) is 8.68. The number of hydrogen-bond acceptors (Lipinski definition) is 6. The molecule has 6 nitrogen and oxygen atoms in total. The number of oxazole rings is 1. The molecule has 6 heteroatoms. The zero-order valence-corrected chi connectivity index (χ0v) is 15.1. The van der Waals surface area contributed by atoms with E-state index in [4.69, 9.17) is 18.6 Å². The highest BCUT2D eigenvalue weighted by Crippen LogP contribution is 2.28. The van der Waals surface area contributed by atoms with Gasteiger partial charge in [0.2, 0.25) is 0 Å². The van der Waals surface area contributed by atoms with Gasteiger partial charge in [-0.15, -0.1) is 0 Å². The quantitative estimate of drug-likeness (QED) is 0.397. The highest BCUT2D eigenvalue weighted by Gasteiger charge is 2.09. The Bertz CT molecular complexity index is 1060. The summed E-state index contributed by atoms with van der Waals surface area (Å²) in [5.41, 5.74) is 2.07. The Hall–Kier alpha value is -3.80. The van der Waals surface area contributed by atoms with Gasteiger partial charge >= 0.3 is 6.08 Å². The van der Waals surface area contributed by atoms with Crippen LogP contribution >= 0.6 is 0 Å². The smallest absolute Gasteiger partial charge is 0.400 e. The van der Waals surface area contributed by atoms with Gasteiger partial charge < -0.3 is 18.6 Å². The zero-order chi connectivity index (χ0) is 19.2. The van der Waals surface area contributed by atoms with E-state index in [2.05, 4.69) is 16.5 Å². The summed E-state index contributed by atoms with van der Waals surface area (Å²) in [5, 5.41) is 0. The minimum atomic E-state index is 0.190. The van der Waals surface area contributed by atoms with Crippen molar-refractivity contribution in [2.24, 2.45) is 0 Å². The maximum atomic E-state index is 5.81. The Morgan fingerprint density at radius 3 is 2.57 bits per heavy atom. The zero-order valence-electron chi connectivity index (χ0n) is 15.1. The first-order valence-electron chi connectivity index (χ1n) is 8.75. The van der Waals surface area contributed by atoms with Crippen LogP contribution in [0.3, 0.4) is 0 Å². The Kier molecular flexibility index (Phi) is 5.20. The van der Waals surface area contributed by atoms with Crippen LogP contribution in [0.25, 0.3) is 11.1 Å². The molecule has 0 aliphatic heterocycles. The predicted molar refractivity (Wildman–Crippen MR) is 105 cm³/mol. The van der Waals surface area contributed by atoms with Gasteiger partial charge in [-0.05, 0) is 36.4 Å². The minimum absolute atomic E-state index is 0.190. The van der Waals surface area contributed by atoms with Gasteiger partial charge in [0.05, 0.1) is 11.9 Å². The molecule has 0 spiro atoms. The molecule has 0 amide bonds. The van der Waals surface area contributed by atoms with Crippen LogP contribution in [0.15, 0.2) is 83.9 Å². The summed E-state index contributed by atoms with van der Waals surface area (Å²) in [7, 11) is 0. The topological polar surface area (TPSA) is 66.6 Å². The highest BCUT2D eigenvalue weighted by molar-refractivity contribution is 5.75. The van der Waals surface area contributed by atoms with Crippen molar-refractivity contribution in [2.75, 3.05) is 6.61 Å². The molecule has 0 unspecified atom stereocenters. The molecule has 4 aromatic rings. The number of ether oxygens (including phenoxy) is 3. The first kappa shape index (κ1) is 17.6. The van der Waals surface area contributed by atoms with E-state index in [1.54, 1.807) is 24.4 Å². The van der Waals surface area contributed by atoms with Crippen LogP contribution in [0.2, 0.25) is 0 Å². The molecular formula is C22H18N2O4. The molecule has 4 rings (SSSR count). The fraction of sp³-hybridized carbons (Fsp3) is 0.0909. The molecule has 0 saturated carbocycles. The van der Waals surface area contributed by atoms with E-state index < -0.39 is 0 Å². The van der Waals surface area contributed by atoms with E-state index in [0.29, 0.717) is 41.6 Å². The van der Waals surface area contributed by atoms with Crippen molar-refractivity contribution in [2.45, 2.75) is 6.61 Å². The number of nitrogens with zero attached hydrogens (tertiary/aromatic N) is 2. The fourth-order valence-electron chi connectivity index (χ4n) is 2.50. The summed E-state index contributed by atoms with van der Waals surface area (Å²) >= 11 is 0. The monoisotopic (exact) mass is 374 g/mol. The highest BCUT2D eigenvalue weighted by atomic mass is 16.6. The Morgan fingerprint density at radius 1 is 0.929 bits per heavy atom. The summed E-state index contributed by atoms with van der Waals surface area (Å²) in [6.07, 6.45) is 3.54. The van der Waals surface area contributed by atoms with Crippen LogP contribution in [-0.4, -0.2) is 16.6 Å². The van der Waals surface area contributed by atoms with E-state index in [0.717, 1.165) is 5.69 Å². The molecule has 140 valence electrons. The van der Waals surface area contributed by atoms with Crippen molar-refractivity contribution in [3.05, 3.63) is 85.2 Å². The average molecular weight is 374 g/mol. The minimum Gasteiger partial charge on any atom is -0.488 e. The van der Waals surface area contributed by atoms with E-state index in [-0.39, 0.29) is 6.08 Å². The lowest BCUT2D eigenvalue weighted by Gasteiger charge is -2.06. The number of pyridine rings is 1. The largest absolute Gasteiger partial charge is 0.488 e. The van der Waals surface area contributed by atoms with Gasteiger partial charge in [0.25, 0.3) is 0 Å². The number of hydrogen-bond donors (Lipinski definition) is 0. The number of rotatable bonds is 8. The second-order valence-corrected chi connectivity index (χ2v) is 5.90. The molecule has 0 fully saturated rings. The molecule has 0 N–H and O–H groups in total.